The Hall–Kier alpha value is -4.03. The summed E-state index contributed by atoms with van der Waals surface area (Å²) in [5.74, 6) is -0.0722. The van der Waals surface area contributed by atoms with Crippen molar-refractivity contribution in [2.75, 3.05) is 13.7 Å². The third kappa shape index (κ3) is 6.04. The zero-order valence-electron chi connectivity index (χ0n) is 20.8. The first-order chi connectivity index (χ1) is 18.0. The van der Waals surface area contributed by atoms with Crippen molar-refractivity contribution in [3.63, 3.8) is 0 Å². The van der Waals surface area contributed by atoms with Gasteiger partial charge in [-0.3, -0.25) is 4.79 Å². The van der Waals surface area contributed by atoms with Crippen LogP contribution in [0.2, 0.25) is 0 Å². The van der Waals surface area contributed by atoms with Crippen LogP contribution in [0.15, 0.2) is 115 Å². The van der Waals surface area contributed by atoms with Crippen LogP contribution in [0.3, 0.4) is 0 Å². The highest BCUT2D eigenvalue weighted by molar-refractivity contribution is 8.01. The number of benzene rings is 4. The van der Waals surface area contributed by atoms with Crippen molar-refractivity contribution in [3.05, 3.63) is 132 Å². The smallest absolute Gasteiger partial charge is 0.330 e. The minimum absolute atomic E-state index is 0.253. The fourth-order valence-corrected chi connectivity index (χ4v) is 5.74. The average Bonchev–Trinajstić information content (AvgIpc) is 2.96. The van der Waals surface area contributed by atoms with Crippen LogP contribution in [0.4, 0.5) is 0 Å². The van der Waals surface area contributed by atoms with Gasteiger partial charge in [-0.15, -0.1) is 11.8 Å². The lowest BCUT2D eigenvalue weighted by Gasteiger charge is -2.37. The number of esters is 1. The molecule has 0 fully saturated rings. The second-order valence-corrected chi connectivity index (χ2v) is 9.94. The Balaban J connectivity index is 1.57. The number of para-hydroxylation sites is 2. The molecule has 1 N–H and O–H groups in total. The van der Waals surface area contributed by atoms with Crippen LogP contribution in [-0.4, -0.2) is 30.8 Å². The van der Waals surface area contributed by atoms with E-state index in [1.54, 1.807) is 24.3 Å². The molecule has 0 bridgehead atoms. The van der Waals surface area contributed by atoms with Crippen LogP contribution in [0, 0.1) is 0 Å². The lowest BCUT2D eigenvalue weighted by Crippen LogP contribution is -2.39. The van der Waals surface area contributed by atoms with Crippen LogP contribution in [-0.2, 0) is 14.3 Å². The molecular weight excluding hydrogens is 482 g/mol. The summed E-state index contributed by atoms with van der Waals surface area (Å²) >= 11 is 1.54. The van der Waals surface area contributed by atoms with Gasteiger partial charge in [-0.1, -0.05) is 103 Å². The van der Waals surface area contributed by atoms with Crippen LogP contribution < -0.4 is 14.8 Å². The number of amides is 1. The molecule has 1 unspecified atom stereocenters. The maximum absolute atomic E-state index is 13.2. The van der Waals surface area contributed by atoms with E-state index in [9.17, 15) is 9.59 Å². The number of rotatable bonds is 10. The molecule has 188 valence electrons. The molecule has 0 saturated carbocycles. The van der Waals surface area contributed by atoms with E-state index in [0.29, 0.717) is 11.5 Å². The summed E-state index contributed by atoms with van der Waals surface area (Å²) in [5.41, 5.74) is 3.19. The molecule has 0 aliphatic carbocycles. The number of nitrogens with one attached hydrogen (secondary N) is 1. The van der Waals surface area contributed by atoms with Gasteiger partial charge in [0, 0.05) is 0 Å². The predicted octanol–water partition coefficient (Wildman–Crippen LogP) is 5.83. The maximum Gasteiger partial charge on any atom is 0.330 e. The van der Waals surface area contributed by atoms with Crippen molar-refractivity contribution in [3.8, 4) is 11.5 Å². The van der Waals surface area contributed by atoms with Gasteiger partial charge in [-0.25, -0.2) is 4.79 Å². The summed E-state index contributed by atoms with van der Waals surface area (Å²) in [6.07, 6.45) is 0. The second-order valence-electron chi connectivity index (χ2n) is 8.38. The van der Waals surface area contributed by atoms with Gasteiger partial charge in [-0.2, -0.15) is 0 Å². The molecule has 0 heterocycles. The standard InChI is InChI=1S/C31H29NO4S/c1-23(30(34)32-22-29(33)36-28-21-13-12-20-27(28)35-2)37-31(24-14-6-3-7-15-24,25-16-8-4-9-17-25)26-18-10-5-11-19-26/h3-21,23H,22H2,1-2H3,(H,32,34). The minimum Gasteiger partial charge on any atom is -0.493 e. The van der Waals surface area contributed by atoms with Gasteiger partial charge in [0.25, 0.3) is 0 Å². The van der Waals surface area contributed by atoms with Gasteiger partial charge >= 0.3 is 5.97 Å². The molecular formula is C31H29NO4S. The summed E-state index contributed by atoms with van der Waals surface area (Å²) in [6.45, 7) is 1.60. The van der Waals surface area contributed by atoms with Gasteiger partial charge in [-0.05, 0) is 35.7 Å². The van der Waals surface area contributed by atoms with E-state index in [-0.39, 0.29) is 12.5 Å². The van der Waals surface area contributed by atoms with E-state index in [2.05, 4.69) is 41.7 Å². The number of ether oxygens (including phenoxy) is 2. The molecule has 0 aliphatic rings. The van der Waals surface area contributed by atoms with Gasteiger partial charge in [0.05, 0.1) is 17.1 Å². The van der Waals surface area contributed by atoms with E-state index in [4.69, 9.17) is 9.47 Å². The molecule has 0 spiro atoms. The largest absolute Gasteiger partial charge is 0.493 e. The summed E-state index contributed by atoms with van der Waals surface area (Å²) in [4.78, 5) is 25.7. The van der Waals surface area contributed by atoms with Crippen LogP contribution in [0.25, 0.3) is 0 Å². The first kappa shape index (κ1) is 26.0. The first-order valence-electron chi connectivity index (χ1n) is 12.0. The molecule has 1 atom stereocenters. The normalized spacial score (nSPS) is 11.8. The maximum atomic E-state index is 13.2. The fraction of sp³-hybridized carbons (Fsp3) is 0.161. The molecule has 6 heteroatoms. The van der Waals surface area contributed by atoms with E-state index in [1.165, 1.54) is 18.9 Å². The van der Waals surface area contributed by atoms with Gasteiger partial charge in [0.1, 0.15) is 6.54 Å². The highest BCUT2D eigenvalue weighted by atomic mass is 32.2. The summed E-state index contributed by atoms with van der Waals surface area (Å²) in [6, 6.07) is 37.4. The lowest BCUT2D eigenvalue weighted by atomic mass is 9.84. The summed E-state index contributed by atoms with van der Waals surface area (Å²) in [7, 11) is 1.51. The van der Waals surface area contributed by atoms with E-state index >= 15 is 0 Å². The van der Waals surface area contributed by atoms with Gasteiger partial charge in [0.15, 0.2) is 11.5 Å². The molecule has 5 nitrogen and oxygen atoms in total. The fourth-order valence-electron chi connectivity index (χ4n) is 4.21. The SMILES string of the molecule is COc1ccccc1OC(=O)CNC(=O)C(C)SC(c1ccccc1)(c1ccccc1)c1ccccc1. The molecule has 4 rings (SSSR count). The van der Waals surface area contributed by atoms with E-state index in [0.717, 1.165) is 16.7 Å². The Kier molecular flexibility index (Phi) is 8.64. The monoisotopic (exact) mass is 511 g/mol. The van der Waals surface area contributed by atoms with Crippen LogP contribution in [0.5, 0.6) is 11.5 Å². The van der Waals surface area contributed by atoms with Crippen molar-refractivity contribution >= 4 is 23.6 Å². The molecule has 0 aromatic heterocycles. The molecule has 0 saturated heterocycles. The van der Waals surface area contributed by atoms with Crippen molar-refractivity contribution in [1.29, 1.82) is 0 Å². The topological polar surface area (TPSA) is 64.6 Å². The Morgan fingerprint density at radius 2 is 1.16 bits per heavy atom. The van der Waals surface area contributed by atoms with E-state index in [1.807, 2.05) is 61.5 Å². The number of thioether (sulfide) groups is 1. The Bertz CT molecular complexity index is 1220. The zero-order valence-corrected chi connectivity index (χ0v) is 21.6. The van der Waals surface area contributed by atoms with E-state index < -0.39 is 16.0 Å². The third-order valence-electron chi connectivity index (χ3n) is 5.96. The zero-order chi connectivity index (χ0) is 26.1. The number of hydrogen-bond donors (Lipinski definition) is 1. The average molecular weight is 512 g/mol. The number of carbonyl (C=O) groups is 2. The highest BCUT2D eigenvalue weighted by Crippen LogP contribution is 2.50. The second kappa shape index (κ2) is 12.3. The van der Waals surface area contributed by atoms with Crippen molar-refractivity contribution < 1.29 is 19.1 Å². The summed E-state index contributed by atoms with van der Waals surface area (Å²) < 4.78 is 9.97. The Morgan fingerprint density at radius 1 is 0.730 bits per heavy atom. The third-order valence-corrected chi connectivity index (χ3v) is 7.59. The molecule has 1 amide bonds. The molecule has 37 heavy (non-hydrogen) atoms. The molecule has 4 aromatic carbocycles. The molecule has 0 radical (unpaired) electrons. The highest BCUT2D eigenvalue weighted by Gasteiger charge is 2.40. The van der Waals surface area contributed by atoms with Crippen molar-refractivity contribution in [2.45, 2.75) is 16.9 Å². The quantitative estimate of drug-likeness (QED) is 0.165. The predicted molar refractivity (Wildman–Crippen MR) is 148 cm³/mol. The lowest BCUT2D eigenvalue weighted by molar-refractivity contribution is -0.135. The molecule has 4 aromatic rings. The van der Waals surface area contributed by atoms with Gasteiger partial charge < -0.3 is 14.8 Å². The van der Waals surface area contributed by atoms with Gasteiger partial charge in [0.2, 0.25) is 5.91 Å². The minimum atomic E-state index is -0.640. The molecule has 0 aliphatic heterocycles. The van der Waals surface area contributed by atoms with Crippen LogP contribution in [0.1, 0.15) is 23.6 Å². The van der Waals surface area contributed by atoms with Crippen molar-refractivity contribution in [2.24, 2.45) is 0 Å². The first-order valence-corrected chi connectivity index (χ1v) is 12.9. The van der Waals surface area contributed by atoms with Crippen molar-refractivity contribution in [1.82, 2.24) is 5.32 Å². The number of methoxy groups -OCH3 is 1. The Morgan fingerprint density at radius 3 is 1.62 bits per heavy atom. The number of carbonyl (C=O) groups excluding carboxylic acids is 2. The van der Waals surface area contributed by atoms with Crippen LogP contribution >= 0.6 is 11.8 Å². The summed E-state index contributed by atoms with van der Waals surface area (Å²) in [5, 5.41) is 2.26. The number of hydrogen-bond acceptors (Lipinski definition) is 5. The Labute approximate surface area is 221 Å².